The van der Waals surface area contributed by atoms with Gasteiger partial charge in [-0.25, -0.2) is 4.98 Å². The van der Waals surface area contributed by atoms with Crippen LogP contribution in [-0.4, -0.2) is 23.0 Å². The maximum Gasteiger partial charge on any atom is 0.178 e. The second-order valence-electron chi connectivity index (χ2n) is 1.81. The average Bonchev–Trinajstić information content (AvgIpc) is 2.48. The molecule has 0 saturated heterocycles. The van der Waals surface area contributed by atoms with Gasteiger partial charge >= 0.3 is 0 Å². The SMILES string of the molecule is O=Cc1nc(C=CCO)cs1. The number of hydrogen-bond donors (Lipinski definition) is 1. The van der Waals surface area contributed by atoms with Crippen molar-refractivity contribution in [3.05, 3.63) is 22.2 Å². The predicted molar refractivity (Wildman–Crippen MR) is 43.6 cm³/mol. The maximum absolute atomic E-state index is 10.2. The van der Waals surface area contributed by atoms with Crippen LogP contribution in [0.5, 0.6) is 0 Å². The van der Waals surface area contributed by atoms with E-state index < -0.39 is 0 Å². The maximum atomic E-state index is 10.2. The zero-order chi connectivity index (χ0) is 8.10. The molecule has 0 bridgehead atoms. The van der Waals surface area contributed by atoms with Gasteiger partial charge in [-0.2, -0.15) is 0 Å². The van der Waals surface area contributed by atoms with E-state index in [-0.39, 0.29) is 6.61 Å². The van der Waals surface area contributed by atoms with Crippen LogP contribution in [0.4, 0.5) is 0 Å². The normalized spacial score (nSPS) is 10.6. The van der Waals surface area contributed by atoms with Gasteiger partial charge in [-0.1, -0.05) is 6.08 Å². The topological polar surface area (TPSA) is 50.2 Å². The Labute approximate surface area is 68.0 Å². The van der Waals surface area contributed by atoms with Crippen LogP contribution in [0.3, 0.4) is 0 Å². The van der Waals surface area contributed by atoms with Crippen molar-refractivity contribution in [2.45, 2.75) is 0 Å². The smallest absolute Gasteiger partial charge is 0.178 e. The van der Waals surface area contributed by atoms with Crippen molar-refractivity contribution < 1.29 is 9.90 Å². The van der Waals surface area contributed by atoms with Gasteiger partial charge in [0.1, 0.15) is 0 Å². The summed E-state index contributed by atoms with van der Waals surface area (Å²) in [5.41, 5.74) is 0.714. The molecule has 0 unspecified atom stereocenters. The van der Waals surface area contributed by atoms with Crippen LogP contribution >= 0.6 is 11.3 Å². The van der Waals surface area contributed by atoms with Crippen molar-refractivity contribution in [1.29, 1.82) is 0 Å². The Hall–Kier alpha value is -1.00. The number of hydrogen-bond acceptors (Lipinski definition) is 4. The van der Waals surface area contributed by atoms with E-state index in [1.807, 2.05) is 0 Å². The molecule has 0 radical (unpaired) electrons. The summed E-state index contributed by atoms with van der Waals surface area (Å²) in [5.74, 6) is 0. The minimum absolute atomic E-state index is 0.00600. The molecule has 0 aliphatic carbocycles. The van der Waals surface area contributed by atoms with Gasteiger partial charge in [-0.15, -0.1) is 11.3 Å². The molecular formula is C7H7NO2S. The number of aliphatic hydroxyl groups excluding tert-OH is 1. The van der Waals surface area contributed by atoms with Crippen LogP contribution in [0.25, 0.3) is 6.08 Å². The Morgan fingerprint density at radius 3 is 3.09 bits per heavy atom. The Balaban J connectivity index is 2.72. The predicted octanol–water partition coefficient (Wildman–Crippen LogP) is 0.961. The van der Waals surface area contributed by atoms with Gasteiger partial charge < -0.3 is 5.11 Å². The summed E-state index contributed by atoms with van der Waals surface area (Å²) >= 11 is 1.29. The van der Waals surface area contributed by atoms with Gasteiger partial charge in [-0.05, 0) is 6.08 Å². The lowest BCUT2D eigenvalue weighted by Crippen LogP contribution is -1.77. The molecule has 58 valence electrons. The third-order valence-corrected chi connectivity index (χ3v) is 1.82. The fraction of sp³-hybridized carbons (Fsp3) is 0.143. The fourth-order valence-electron chi connectivity index (χ4n) is 0.605. The van der Waals surface area contributed by atoms with E-state index in [1.54, 1.807) is 17.5 Å². The zero-order valence-corrected chi connectivity index (χ0v) is 6.54. The molecule has 1 rings (SSSR count). The number of aldehydes is 1. The van der Waals surface area contributed by atoms with Crippen molar-refractivity contribution in [3.63, 3.8) is 0 Å². The van der Waals surface area contributed by atoms with E-state index in [2.05, 4.69) is 4.98 Å². The van der Waals surface area contributed by atoms with Gasteiger partial charge in [0, 0.05) is 5.38 Å². The summed E-state index contributed by atoms with van der Waals surface area (Å²) in [6.45, 7) is -0.00600. The van der Waals surface area contributed by atoms with E-state index in [9.17, 15) is 4.79 Å². The van der Waals surface area contributed by atoms with Crippen LogP contribution in [0.15, 0.2) is 11.5 Å². The fourth-order valence-corrected chi connectivity index (χ4v) is 1.19. The Morgan fingerprint density at radius 2 is 2.55 bits per heavy atom. The number of carbonyl (C=O) groups is 1. The number of rotatable bonds is 3. The van der Waals surface area contributed by atoms with E-state index in [0.29, 0.717) is 17.0 Å². The van der Waals surface area contributed by atoms with E-state index in [4.69, 9.17) is 5.11 Å². The van der Waals surface area contributed by atoms with E-state index >= 15 is 0 Å². The van der Waals surface area contributed by atoms with Crippen LogP contribution in [0.1, 0.15) is 15.5 Å². The summed E-state index contributed by atoms with van der Waals surface area (Å²) in [6, 6.07) is 0. The van der Waals surface area contributed by atoms with Crippen molar-refractivity contribution in [1.82, 2.24) is 4.98 Å². The first-order chi connectivity index (χ1) is 5.36. The van der Waals surface area contributed by atoms with Crippen molar-refractivity contribution in [3.8, 4) is 0 Å². The average molecular weight is 169 g/mol. The molecule has 1 N–H and O–H groups in total. The summed E-state index contributed by atoms with van der Waals surface area (Å²) in [6.07, 6.45) is 3.95. The second kappa shape index (κ2) is 4.00. The number of aliphatic hydroxyl groups is 1. The Morgan fingerprint density at radius 1 is 1.73 bits per heavy atom. The monoisotopic (exact) mass is 169 g/mol. The molecule has 0 saturated carbocycles. The van der Waals surface area contributed by atoms with Crippen molar-refractivity contribution in [2.75, 3.05) is 6.61 Å². The summed E-state index contributed by atoms with van der Waals surface area (Å²) in [5, 5.41) is 10.6. The lowest BCUT2D eigenvalue weighted by molar-refractivity contribution is 0.112. The molecule has 1 aromatic heterocycles. The highest BCUT2D eigenvalue weighted by Crippen LogP contribution is 2.08. The quantitative estimate of drug-likeness (QED) is 0.686. The zero-order valence-electron chi connectivity index (χ0n) is 5.73. The molecule has 0 aliphatic heterocycles. The highest BCUT2D eigenvalue weighted by molar-refractivity contribution is 7.11. The first kappa shape index (κ1) is 8.10. The highest BCUT2D eigenvalue weighted by Gasteiger charge is 1.94. The summed E-state index contributed by atoms with van der Waals surface area (Å²) in [4.78, 5) is 14.1. The van der Waals surface area contributed by atoms with Crippen molar-refractivity contribution >= 4 is 23.7 Å². The number of thiazole rings is 1. The van der Waals surface area contributed by atoms with Crippen LogP contribution in [-0.2, 0) is 0 Å². The summed E-state index contributed by atoms with van der Waals surface area (Å²) < 4.78 is 0. The molecule has 0 atom stereocenters. The molecule has 0 aromatic carbocycles. The number of carbonyl (C=O) groups excluding carboxylic acids is 1. The van der Waals surface area contributed by atoms with Crippen LogP contribution in [0, 0.1) is 0 Å². The van der Waals surface area contributed by atoms with Crippen LogP contribution < -0.4 is 0 Å². The molecular weight excluding hydrogens is 162 g/mol. The second-order valence-corrected chi connectivity index (χ2v) is 2.70. The molecule has 1 heterocycles. The molecule has 11 heavy (non-hydrogen) atoms. The minimum Gasteiger partial charge on any atom is -0.392 e. The van der Waals surface area contributed by atoms with Gasteiger partial charge in [0.15, 0.2) is 11.3 Å². The van der Waals surface area contributed by atoms with Gasteiger partial charge in [0.25, 0.3) is 0 Å². The first-order valence-corrected chi connectivity index (χ1v) is 3.93. The lowest BCUT2D eigenvalue weighted by atomic mass is 10.4. The number of nitrogens with zero attached hydrogens (tertiary/aromatic N) is 1. The van der Waals surface area contributed by atoms with E-state index in [0.717, 1.165) is 0 Å². The standard InChI is InChI=1S/C7H7NO2S/c9-3-1-2-6-5-11-7(4-10)8-6/h1-2,4-5,9H,3H2. The molecule has 0 aliphatic rings. The third kappa shape index (κ3) is 2.25. The van der Waals surface area contributed by atoms with Gasteiger partial charge in [-0.3, -0.25) is 4.79 Å². The first-order valence-electron chi connectivity index (χ1n) is 3.05. The van der Waals surface area contributed by atoms with Crippen molar-refractivity contribution in [2.24, 2.45) is 0 Å². The lowest BCUT2D eigenvalue weighted by Gasteiger charge is -1.79. The van der Waals surface area contributed by atoms with E-state index in [1.165, 1.54) is 11.3 Å². The molecule has 0 fully saturated rings. The largest absolute Gasteiger partial charge is 0.392 e. The van der Waals surface area contributed by atoms with Gasteiger partial charge in [0.05, 0.1) is 12.3 Å². The minimum atomic E-state index is -0.00600. The highest BCUT2D eigenvalue weighted by atomic mass is 32.1. The third-order valence-electron chi connectivity index (χ3n) is 1.03. The molecule has 0 amide bonds. The molecule has 4 heteroatoms. The van der Waals surface area contributed by atoms with Gasteiger partial charge in [0.2, 0.25) is 0 Å². The number of aromatic nitrogens is 1. The Kier molecular flexibility index (Phi) is 2.95. The molecule has 3 nitrogen and oxygen atoms in total. The summed E-state index contributed by atoms with van der Waals surface area (Å²) in [7, 11) is 0. The van der Waals surface area contributed by atoms with Crippen LogP contribution in [0.2, 0.25) is 0 Å². The molecule has 1 aromatic rings. The molecule has 0 spiro atoms. The Bertz CT molecular complexity index is 267.